The van der Waals surface area contributed by atoms with E-state index in [0.717, 1.165) is 37.6 Å². The molecule has 0 spiro atoms. The van der Waals surface area contributed by atoms with Gasteiger partial charge in [-0.15, -0.1) is 0 Å². The van der Waals surface area contributed by atoms with Gasteiger partial charge in [0.05, 0.1) is 13.2 Å². The second-order valence-corrected chi connectivity index (χ2v) is 8.12. The molecule has 1 aliphatic heterocycles. The third-order valence-electron chi connectivity index (χ3n) is 3.33. The van der Waals surface area contributed by atoms with Crippen molar-refractivity contribution in [3.8, 4) is 0 Å². The SMILES string of the molecule is CN(Cc1ccc(N2CCOCC2)cc1)S(=O)(=O)CBr. The van der Waals surface area contributed by atoms with Crippen LogP contribution in [-0.4, -0.2) is 50.7 Å². The fourth-order valence-electron chi connectivity index (χ4n) is 2.07. The zero-order valence-electron chi connectivity index (χ0n) is 11.5. The molecule has 1 fully saturated rings. The van der Waals surface area contributed by atoms with Crippen molar-refractivity contribution in [1.82, 2.24) is 4.31 Å². The second-order valence-electron chi connectivity index (χ2n) is 4.74. The molecule has 5 nitrogen and oxygen atoms in total. The van der Waals surface area contributed by atoms with Crippen molar-refractivity contribution >= 4 is 31.6 Å². The fraction of sp³-hybridized carbons (Fsp3) is 0.538. The van der Waals surface area contributed by atoms with Gasteiger partial charge < -0.3 is 9.64 Å². The van der Waals surface area contributed by atoms with Gasteiger partial charge in [-0.05, 0) is 17.7 Å². The van der Waals surface area contributed by atoms with E-state index in [1.807, 2.05) is 24.3 Å². The Balaban J connectivity index is 2.01. The summed E-state index contributed by atoms with van der Waals surface area (Å²) in [5.41, 5.74) is 2.14. The summed E-state index contributed by atoms with van der Waals surface area (Å²) in [6.45, 7) is 3.70. The van der Waals surface area contributed by atoms with Gasteiger partial charge in [0.25, 0.3) is 0 Å². The molecule has 1 heterocycles. The molecule has 0 N–H and O–H groups in total. The Morgan fingerprint density at radius 1 is 1.25 bits per heavy atom. The van der Waals surface area contributed by atoms with E-state index in [2.05, 4.69) is 20.8 Å². The van der Waals surface area contributed by atoms with Crippen molar-refractivity contribution in [1.29, 1.82) is 0 Å². The standard InChI is InChI=1S/C13H19BrN2O3S/c1-15(20(17,18)11-14)10-12-2-4-13(5-3-12)16-6-8-19-9-7-16/h2-5H,6-11H2,1H3. The molecule has 7 heteroatoms. The second kappa shape index (κ2) is 6.89. The normalized spacial score (nSPS) is 16.6. The smallest absolute Gasteiger partial charge is 0.224 e. The molecule has 0 atom stereocenters. The number of morpholine rings is 1. The highest BCUT2D eigenvalue weighted by molar-refractivity contribution is 9.10. The van der Waals surface area contributed by atoms with E-state index in [9.17, 15) is 8.42 Å². The largest absolute Gasteiger partial charge is 0.378 e. The topological polar surface area (TPSA) is 49.9 Å². The monoisotopic (exact) mass is 362 g/mol. The minimum atomic E-state index is -3.20. The van der Waals surface area contributed by atoms with Gasteiger partial charge in [0.15, 0.2) is 0 Å². The van der Waals surface area contributed by atoms with E-state index in [0.29, 0.717) is 6.54 Å². The first kappa shape index (κ1) is 15.8. The maximum absolute atomic E-state index is 11.7. The van der Waals surface area contributed by atoms with Crippen LogP contribution in [0.15, 0.2) is 24.3 Å². The molecule has 0 aromatic heterocycles. The van der Waals surface area contributed by atoms with E-state index in [1.165, 1.54) is 4.31 Å². The van der Waals surface area contributed by atoms with Crippen LogP contribution in [0.1, 0.15) is 5.56 Å². The van der Waals surface area contributed by atoms with Crippen LogP contribution in [-0.2, 0) is 21.3 Å². The molecule has 0 saturated carbocycles. The number of hydrogen-bond donors (Lipinski definition) is 0. The van der Waals surface area contributed by atoms with E-state index < -0.39 is 10.0 Å². The fourth-order valence-corrected chi connectivity index (χ4v) is 3.63. The summed E-state index contributed by atoms with van der Waals surface area (Å²) >= 11 is 3.00. The number of anilines is 1. The number of benzene rings is 1. The molecular weight excluding hydrogens is 344 g/mol. The third-order valence-corrected chi connectivity index (χ3v) is 6.42. The summed E-state index contributed by atoms with van der Waals surface area (Å²) in [7, 11) is -1.61. The predicted molar refractivity (Wildman–Crippen MR) is 83.7 cm³/mol. The Hall–Kier alpha value is -0.630. The predicted octanol–water partition coefficient (Wildman–Crippen LogP) is 1.64. The van der Waals surface area contributed by atoms with Crippen LogP contribution in [0, 0.1) is 0 Å². The molecule has 0 aliphatic carbocycles. The van der Waals surface area contributed by atoms with Gasteiger partial charge in [0, 0.05) is 32.4 Å². The van der Waals surface area contributed by atoms with Crippen LogP contribution < -0.4 is 4.90 Å². The number of rotatable bonds is 5. The first-order valence-corrected chi connectivity index (χ1v) is 9.17. The number of nitrogens with zero attached hydrogens (tertiary/aromatic N) is 2. The summed E-state index contributed by atoms with van der Waals surface area (Å²) < 4.78 is 30.0. The summed E-state index contributed by atoms with van der Waals surface area (Å²) in [5, 5.41) is 0. The summed E-state index contributed by atoms with van der Waals surface area (Å²) in [4.78, 5) is 2.27. The number of halogens is 1. The molecule has 0 radical (unpaired) electrons. The highest BCUT2D eigenvalue weighted by atomic mass is 79.9. The lowest BCUT2D eigenvalue weighted by atomic mass is 10.2. The molecule has 20 heavy (non-hydrogen) atoms. The van der Waals surface area contributed by atoms with Crippen LogP contribution in [0.2, 0.25) is 0 Å². The number of hydrogen-bond acceptors (Lipinski definition) is 4. The van der Waals surface area contributed by atoms with Crippen molar-refractivity contribution in [3.63, 3.8) is 0 Å². The van der Waals surface area contributed by atoms with Crippen LogP contribution in [0.3, 0.4) is 0 Å². The zero-order valence-corrected chi connectivity index (χ0v) is 13.9. The van der Waals surface area contributed by atoms with Crippen molar-refractivity contribution in [2.45, 2.75) is 6.54 Å². The molecule has 1 saturated heterocycles. The molecule has 0 amide bonds. The summed E-state index contributed by atoms with van der Waals surface area (Å²) in [6, 6.07) is 8.03. The van der Waals surface area contributed by atoms with Crippen LogP contribution in [0.25, 0.3) is 0 Å². The van der Waals surface area contributed by atoms with E-state index in [4.69, 9.17) is 4.74 Å². The Labute approximate surface area is 128 Å². The average Bonchev–Trinajstić information content (AvgIpc) is 2.49. The van der Waals surface area contributed by atoms with Crippen LogP contribution in [0.4, 0.5) is 5.69 Å². The lowest BCUT2D eigenvalue weighted by Gasteiger charge is -2.29. The molecule has 1 aromatic rings. The Morgan fingerprint density at radius 2 is 1.85 bits per heavy atom. The zero-order chi connectivity index (χ0) is 14.6. The highest BCUT2D eigenvalue weighted by Gasteiger charge is 2.16. The van der Waals surface area contributed by atoms with Gasteiger partial charge >= 0.3 is 0 Å². The molecule has 0 unspecified atom stereocenters. The Kier molecular flexibility index (Phi) is 5.42. The lowest BCUT2D eigenvalue weighted by Crippen LogP contribution is -2.36. The highest BCUT2D eigenvalue weighted by Crippen LogP contribution is 2.18. The number of ether oxygens (including phenoxy) is 1. The first-order chi connectivity index (χ1) is 9.53. The Bertz CT molecular complexity index is 527. The van der Waals surface area contributed by atoms with Gasteiger partial charge in [-0.3, -0.25) is 0 Å². The summed E-state index contributed by atoms with van der Waals surface area (Å²) in [5.74, 6) is 0. The van der Waals surface area contributed by atoms with E-state index >= 15 is 0 Å². The van der Waals surface area contributed by atoms with E-state index in [-0.39, 0.29) is 4.66 Å². The van der Waals surface area contributed by atoms with Gasteiger partial charge in [-0.2, -0.15) is 4.31 Å². The number of alkyl halides is 1. The van der Waals surface area contributed by atoms with Crippen LogP contribution >= 0.6 is 15.9 Å². The lowest BCUT2D eigenvalue weighted by molar-refractivity contribution is 0.122. The summed E-state index contributed by atoms with van der Waals surface area (Å²) in [6.07, 6.45) is 0. The quantitative estimate of drug-likeness (QED) is 0.747. The van der Waals surface area contributed by atoms with Gasteiger partial charge in [-0.25, -0.2) is 8.42 Å². The maximum atomic E-state index is 11.7. The first-order valence-electron chi connectivity index (χ1n) is 6.44. The Morgan fingerprint density at radius 3 is 2.40 bits per heavy atom. The van der Waals surface area contributed by atoms with Gasteiger partial charge in [-0.1, -0.05) is 28.1 Å². The van der Waals surface area contributed by atoms with Crippen LogP contribution in [0.5, 0.6) is 0 Å². The minimum absolute atomic E-state index is 0.0532. The van der Waals surface area contributed by atoms with Gasteiger partial charge in [0.2, 0.25) is 10.0 Å². The van der Waals surface area contributed by atoms with Gasteiger partial charge in [0.1, 0.15) is 4.66 Å². The maximum Gasteiger partial charge on any atom is 0.224 e. The average molecular weight is 363 g/mol. The van der Waals surface area contributed by atoms with Crippen molar-refractivity contribution < 1.29 is 13.2 Å². The third kappa shape index (κ3) is 3.94. The molecule has 1 aromatic carbocycles. The molecule has 2 rings (SSSR count). The molecule has 112 valence electrons. The van der Waals surface area contributed by atoms with E-state index in [1.54, 1.807) is 7.05 Å². The molecule has 0 bridgehead atoms. The van der Waals surface area contributed by atoms with Crippen molar-refractivity contribution in [2.24, 2.45) is 0 Å². The number of sulfonamides is 1. The van der Waals surface area contributed by atoms with Crippen molar-refractivity contribution in [2.75, 3.05) is 42.9 Å². The molecular formula is C13H19BrN2O3S. The van der Waals surface area contributed by atoms with Crippen molar-refractivity contribution in [3.05, 3.63) is 29.8 Å². The molecule has 1 aliphatic rings. The minimum Gasteiger partial charge on any atom is -0.378 e.